The highest BCUT2D eigenvalue weighted by Gasteiger charge is 2.27. The highest BCUT2D eigenvalue weighted by Crippen LogP contribution is 2.25. The minimum absolute atomic E-state index is 0.0187. The van der Waals surface area contributed by atoms with Crippen molar-refractivity contribution in [2.24, 2.45) is 0 Å². The van der Waals surface area contributed by atoms with Crippen molar-refractivity contribution in [1.29, 1.82) is 0 Å². The van der Waals surface area contributed by atoms with Crippen LogP contribution in [0.5, 0.6) is 0 Å². The molecule has 0 aliphatic carbocycles. The summed E-state index contributed by atoms with van der Waals surface area (Å²) in [6.45, 7) is 3.38. The zero-order chi connectivity index (χ0) is 15.9. The van der Waals surface area contributed by atoms with Crippen LogP contribution in [0.25, 0.3) is 0 Å². The fraction of sp³-hybridized carbons (Fsp3) is 0.600. The fourth-order valence-electron chi connectivity index (χ4n) is 2.15. The molecule has 0 heterocycles. The van der Waals surface area contributed by atoms with E-state index in [-0.39, 0.29) is 12.6 Å². The molecule has 1 unspecified atom stereocenters. The molecule has 0 bridgehead atoms. The Kier molecular flexibility index (Phi) is 7.49. The molecule has 1 aromatic rings. The lowest BCUT2D eigenvalue weighted by Crippen LogP contribution is -2.29. The number of hydrogen-bond acceptors (Lipinski definition) is 2. The summed E-state index contributed by atoms with van der Waals surface area (Å²) in [5.74, 6) is 0. The van der Waals surface area contributed by atoms with Gasteiger partial charge in [-0.25, -0.2) is 0 Å². The smallest absolute Gasteiger partial charge is 0.310 e. The minimum atomic E-state index is -4.10. The molecule has 1 aromatic carbocycles. The lowest BCUT2D eigenvalue weighted by molar-refractivity contribution is -0.137. The van der Waals surface area contributed by atoms with Crippen LogP contribution < -0.4 is 5.32 Å². The molecule has 0 aliphatic heterocycles. The summed E-state index contributed by atoms with van der Waals surface area (Å²) in [6, 6.07) is 7.61. The molecule has 0 amide bonds. The minimum Gasteiger partial charge on any atom is -0.310 e. The second-order valence-electron chi connectivity index (χ2n) is 5.09. The second kappa shape index (κ2) is 8.61. The van der Waals surface area contributed by atoms with Crippen LogP contribution in [0.3, 0.4) is 0 Å². The van der Waals surface area contributed by atoms with Crippen LogP contribution in [0.4, 0.5) is 13.2 Å². The van der Waals surface area contributed by atoms with Gasteiger partial charge in [0.2, 0.25) is 0 Å². The first-order valence-electron chi connectivity index (χ1n) is 7.06. The van der Waals surface area contributed by atoms with E-state index >= 15 is 0 Å². The van der Waals surface area contributed by atoms with Gasteiger partial charge in [-0.3, -0.25) is 0 Å². The summed E-state index contributed by atoms with van der Waals surface area (Å²) >= 11 is 6.19. The Morgan fingerprint density at radius 2 is 1.90 bits per heavy atom. The highest BCUT2D eigenvalue weighted by atomic mass is 35.5. The molecule has 0 fully saturated rings. The number of rotatable bonds is 8. The van der Waals surface area contributed by atoms with Crippen molar-refractivity contribution in [3.05, 3.63) is 34.9 Å². The van der Waals surface area contributed by atoms with E-state index in [1.807, 2.05) is 31.2 Å². The van der Waals surface area contributed by atoms with Crippen molar-refractivity contribution in [2.75, 3.05) is 26.7 Å². The first kappa shape index (κ1) is 18.3. The third kappa shape index (κ3) is 7.16. The van der Waals surface area contributed by atoms with E-state index in [9.17, 15) is 13.2 Å². The molecule has 0 radical (unpaired) electrons. The molecule has 0 spiro atoms. The van der Waals surface area contributed by atoms with E-state index < -0.39 is 12.6 Å². The van der Waals surface area contributed by atoms with E-state index in [4.69, 9.17) is 11.6 Å². The Labute approximate surface area is 129 Å². The van der Waals surface area contributed by atoms with Crippen molar-refractivity contribution in [1.82, 2.24) is 10.2 Å². The van der Waals surface area contributed by atoms with Crippen LogP contribution in [-0.2, 0) is 0 Å². The molecule has 21 heavy (non-hydrogen) atoms. The number of nitrogens with zero attached hydrogens (tertiary/aromatic N) is 1. The monoisotopic (exact) mass is 322 g/mol. The molecule has 2 nitrogen and oxygen atoms in total. The molecular weight excluding hydrogens is 301 g/mol. The molecule has 0 saturated carbocycles. The van der Waals surface area contributed by atoms with Gasteiger partial charge in [0, 0.05) is 17.6 Å². The SMILES string of the molecule is CCNC(CCN(C)CCC(F)(F)F)c1ccccc1Cl. The number of alkyl halides is 3. The van der Waals surface area contributed by atoms with Crippen LogP contribution in [0.2, 0.25) is 5.02 Å². The number of halogens is 4. The van der Waals surface area contributed by atoms with E-state index in [0.29, 0.717) is 18.0 Å². The number of hydrogen-bond donors (Lipinski definition) is 1. The zero-order valence-electron chi connectivity index (χ0n) is 12.4. The third-order valence-corrected chi connectivity index (χ3v) is 3.65. The number of nitrogens with one attached hydrogen (secondary N) is 1. The second-order valence-corrected chi connectivity index (χ2v) is 5.50. The van der Waals surface area contributed by atoms with E-state index in [1.165, 1.54) is 0 Å². The molecule has 0 saturated heterocycles. The van der Waals surface area contributed by atoms with Gasteiger partial charge in [-0.05, 0) is 38.2 Å². The highest BCUT2D eigenvalue weighted by molar-refractivity contribution is 6.31. The van der Waals surface area contributed by atoms with Gasteiger partial charge >= 0.3 is 6.18 Å². The Balaban J connectivity index is 2.54. The number of benzene rings is 1. The van der Waals surface area contributed by atoms with Crippen molar-refractivity contribution < 1.29 is 13.2 Å². The molecule has 6 heteroatoms. The van der Waals surface area contributed by atoms with Gasteiger partial charge in [-0.1, -0.05) is 36.7 Å². The lowest BCUT2D eigenvalue weighted by Gasteiger charge is -2.23. The third-order valence-electron chi connectivity index (χ3n) is 3.31. The van der Waals surface area contributed by atoms with Crippen molar-refractivity contribution in [3.8, 4) is 0 Å². The van der Waals surface area contributed by atoms with Crippen LogP contribution in [-0.4, -0.2) is 37.8 Å². The largest absolute Gasteiger partial charge is 0.390 e. The predicted octanol–water partition coefficient (Wildman–Crippen LogP) is 4.26. The molecular formula is C15H22ClF3N2. The average molecular weight is 323 g/mol. The molecule has 0 aromatic heterocycles. The summed E-state index contributed by atoms with van der Waals surface area (Å²) < 4.78 is 36.6. The summed E-state index contributed by atoms with van der Waals surface area (Å²) in [6.07, 6.45) is -4.16. The summed E-state index contributed by atoms with van der Waals surface area (Å²) in [7, 11) is 1.71. The molecule has 1 rings (SSSR count). The van der Waals surface area contributed by atoms with E-state index in [1.54, 1.807) is 11.9 Å². The van der Waals surface area contributed by atoms with Gasteiger partial charge in [0.15, 0.2) is 0 Å². The maximum absolute atomic E-state index is 12.2. The Bertz CT molecular complexity index is 424. The quantitative estimate of drug-likeness (QED) is 0.769. The first-order valence-corrected chi connectivity index (χ1v) is 7.44. The Hall–Kier alpha value is -0.780. The van der Waals surface area contributed by atoms with Crippen LogP contribution in [0.15, 0.2) is 24.3 Å². The average Bonchev–Trinajstić information content (AvgIpc) is 2.41. The van der Waals surface area contributed by atoms with Crippen molar-refractivity contribution >= 4 is 11.6 Å². The molecule has 1 atom stereocenters. The van der Waals surface area contributed by atoms with E-state index in [2.05, 4.69) is 5.32 Å². The van der Waals surface area contributed by atoms with Gasteiger partial charge in [0.25, 0.3) is 0 Å². The summed E-state index contributed by atoms with van der Waals surface area (Å²) in [5, 5.41) is 4.02. The predicted molar refractivity (Wildman–Crippen MR) is 80.7 cm³/mol. The standard InChI is InChI=1S/C15H22ClF3N2/c1-3-20-14(12-6-4-5-7-13(12)16)8-10-21(2)11-9-15(17,18)19/h4-7,14,20H,3,8-11H2,1-2H3. The fourth-order valence-corrected chi connectivity index (χ4v) is 2.42. The first-order chi connectivity index (χ1) is 9.83. The Morgan fingerprint density at radius 3 is 2.48 bits per heavy atom. The summed E-state index contributed by atoms with van der Waals surface area (Å²) in [4.78, 5) is 1.70. The van der Waals surface area contributed by atoms with Crippen LogP contribution in [0, 0.1) is 0 Å². The maximum atomic E-state index is 12.2. The van der Waals surface area contributed by atoms with E-state index in [0.717, 1.165) is 12.1 Å². The van der Waals surface area contributed by atoms with Crippen molar-refractivity contribution in [3.63, 3.8) is 0 Å². The van der Waals surface area contributed by atoms with Gasteiger partial charge in [0.05, 0.1) is 6.42 Å². The van der Waals surface area contributed by atoms with Crippen molar-refractivity contribution in [2.45, 2.75) is 32.0 Å². The molecule has 1 N–H and O–H groups in total. The molecule has 120 valence electrons. The lowest BCUT2D eigenvalue weighted by atomic mass is 10.0. The molecule has 0 aliphatic rings. The van der Waals surface area contributed by atoms with Gasteiger partial charge in [-0.2, -0.15) is 13.2 Å². The normalized spacial score (nSPS) is 13.7. The van der Waals surface area contributed by atoms with Crippen LogP contribution in [0.1, 0.15) is 31.4 Å². The zero-order valence-corrected chi connectivity index (χ0v) is 13.1. The Morgan fingerprint density at radius 1 is 1.24 bits per heavy atom. The topological polar surface area (TPSA) is 15.3 Å². The van der Waals surface area contributed by atoms with Gasteiger partial charge in [0.1, 0.15) is 0 Å². The van der Waals surface area contributed by atoms with Gasteiger partial charge in [-0.15, -0.1) is 0 Å². The summed E-state index contributed by atoms with van der Waals surface area (Å²) in [5.41, 5.74) is 0.991. The van der Waals surface area contributed by atoms with Gasteiger partial charge < -0.3 is 10.2 Å². The van der Waals surface area contributed by atoms with Crippen LogP contribution >= 0.6 is 11.6 Å². The maximum Gasteiger partial charge on any atom is 0.390 e.